The van der Waals surface area contributed by atoms with Crippen molar-refractivity contribution >= 4 is 5.97 Å². The Kier molecular flexibility index (Phi) is 4.78. The predicted octanol–water partition coefficient (Wildman–Crippen LogP) is 2.16. The number of carbonyl (C=O) groups excluding carboxylic acids is 1. The van der Waals surface area contributed by atoms with Crippen LogP contribution in [0.4, 0.5) is 0 Å². The van der Waals surface area contributed by atoms with Crippen LogP contribution in [0.5, 0.6) is 0 Å². The monoisotopic (exact) mass is 227 g/mol. The number of nitrogens with zero attached hydrogens (tertiary/aromatic N) is 1. The van der Waals surface area contributed by atoms with Crippen LogP contribution in [0.25, 0.3) is 0 Å². The van der Waals surface area contributed by atoms with Gasteiger partial charge < -0.3 is 4.74 Å². The normalized spacial score (nSPS) is 25.8. The molecule has 0 bridgehead atoms. The van der Waals surface area contributed by atoms with Gasteiger partial charge in [0, 0.05) is 12.6 Å². The predicted molar refractivity (Wildman–Crippen MR) is 65.2 cm³/mol. The smallest absolute Gasteiger partial charge is 0.309 e. The molecule has 0 aromatic carbocycles. The van der Waals surface area contributed by atoms with Crippen molar-refractivity contribution in [3.63, 3.8) is 0 Å². The van der Waals surface area contributed by atoms with Gasteiger partial charge >= 0.3 is 5.97 Å². The molecule has 1 saturated heterocycles. The summed E-state index contributed by atoms with van der Waals surface area (Å²) in [7, 11) is 1.46. The zero-order chi connectivity index (χ0) is 12.3. The second-order valence-corrected chi connectivity index (χ2v) is 5.34. The number of hydrogen-bond donors (Lipinski definition) is 0. The van der Waals surface area contributed by atoms with Crippen LogP contribution in [0, 0.1) is 17.8 Å². The fourth-order valence-electron chi connectivity index (χ4n) is 2.43. The van der Waals surface area contributed by atoms with Crippen LogP contribution >= 0.6 is 0 Å². The third-order valence-corrected chi connectivity index (χ3v) is 4.07. The van der Waals surface area contributed by atoms with Crippen LogP contribution in [-0.4, -0.2) is 37.1 Å². The van der Waals surface area contributed by atoms with E-state index in [1.165, 1.54) is 13.5 Å². The van der Waals surface area contributed by atoms with Crippen LogP contribution in [0.1, 0.15) is 34.1 Å². The number of carbonyl (C=O) groups is 1. The van der Waals surface area contributed by atoms with Crippen molar-refractivity contribution in [1.82, 2.24) is 4.90 Å². The topological polar surface area (TPSA) is 29.5 Å². The molecule has 1 heterocycles. The maximum Gasteiger partial charge on any atom is 0.309 e. The van der Waals surface area contributed by atoms with E-state index in [0.29, 0.717) is 0 Å². The summed E-state index contributed by atoms with van der Waals surface area (Å²) in [5, 5.41) is 0. The first-order valence-corrected chi connectivity index (χ1v) is 6.29. The van der Waals surface area contributed by atoms with Crippen LogP contribution in [0.2, 0.25) is 0 Å². The Morgan fingerprint density at radius 3 is 2.38 bits per heavy atom. The number of methoxy groups -OCH3 is 1. The van der Waals surface area contributed by atoms with Gasteiger partial charge in [-0.3, -0.25) is 9.69 Å². The van der Waals surface area contributed by atoms with E-state index >= 15 is 0 Å². The summed E-state index contributed by atoms with van der Waals surface area (Å²) in [5.41, 5.74) is 0. The highest BCUT2D eigenvalue weighted by atomic mass is 16.5. The van der Waals surface area contributed by atoms with Crippen molar-refractivity contribution in [2.75, 3.05) is 20.2 Å². The summed E-state index contributed by atoms with van der Waals surface area (Å²) in [6.07, 6.45) is 1.26. The molecule has 1 aliphatic rings. The lowest BCUT2D eigenvalue weighted by atomic mass is 9.95. The van der Waals surface area contributed by atoms with Crippen molar-refractivity contribution in [2.24, 2.45) is 17.8 Å². The van der Waals surface area contributed by atoms with Gasteiger partial charge in [-0.1, -0.05) is 20.8 Å². The molecule has 3 heteroatoms. The summed E-state index contributed by atoms with van der Waals surface area (Å²) in [4.78, 5) is 13.9. The lowest BCUT2D eigenvalue weighted by Gasteiger charge is -2.28. The van der Waals surface area contributed by atoms with Crippen LogP contribution in [-0.2, 0) is 9.53 Å². The Morgan fingerprint density at radius 1 is 1.31 bits per heavy atom. The molecule has 0 radical (unpaired) electrons. The lowest BCUT2D eigenvalue weighted by Crippen LogP contribution is -2.39. The van der Waals surface area contributed by atoms with Gasteiger partial charge in [-0.2, -0.15) is 0 Å². The van der Waals surface area contributed by atoms with Gasteiger partial charge in [-0.25, -0.2) is 0 Å². The third kappa shape index (κ3) is 2.97. The van der Waals surface area contributed by atoms with Crippen LogP contribution in [0.15, 0.2) is 0 Å². The first kappa shape index (κ1) is 13.5. The second kappa shape index (κ2) is 5.67. The highest BCUT2D eigenvalue weighted by molar-refractivity contribution is 5.72. The van der Waals surface area contributed by atoms with Gasteiger partial charge in [-0.05, 0) is 31.7 Å². The molecule has 0 saturated carbocycles. The Labute approximate surface area is 99.1 Å². The largest absolute Gasteiger partial charge is 0.469 e. The minimum absolute atomic E-state index is 0.0316. The molecule has 0 aromatic rings. The summed E-state index contributed by atoms with van der Waals surface area (Å²) in [6, 6.07) is 0.288. The SMILES string of the molecule is COC(=O)C(C)C(C)N1CCC(C(C)C)C1. The third-order valence-electron chi connectivity index (χ3n) is 4.07. The average molecular weight is 227 g/mol. The lowest BCUT2D eigenvalue weighted by molar-refractivity contribution is -0.146. The summed E-state index contributed by atoms with van der Waals surface area (Å²) < 4.78 is 4.80. The van der Waals surface area contributed by atoms with Crippen molar-refractivity contribution in [3.05, 3.63) is 0 Å². The molecule has 1 fully saturated rings. The molecule has 0 aliphatic carbocycles. The number of rotatable bonds is 4. The number of likely N-dealkylation sites (tertiary alicyclic amines) is 1. The fraction of sp³-hybridized carbons (Fsp3) is 0.923. The van der Waals surface area contributed by atoms with E-state index in [0.717, 1.165) is 24.9 Å². The zero-order valence-electron chi connectivity index (χ0n) is 11.2. The van der Waals surface area contributed by atoms with E-state index in [-0.39, 0.29) is 17.9 Å². The van der Waals surface area contributed by atoms with E-state index in [2.05, 4.69) is 25.7 Å². The van der Waals surface area contributed by atoms with Gasteiger partial charge in [0.05, 0.1) is 13.0 Å². The zero-order valence-corrected chi connectivity index (χ0v) is 11.2. The van der Waals surface area contributed by atoms with Gasteiger partial charge in [0.25, 0.3) is 0 Å². The maximum atomic E-state index is 11.5. The summed E-state index contributed by atoms with van der Waals surface area (Å²) in [6.45, 7) is 10.9. The number of esters is 1. The highest BCUT2D eigenvalue weighted by Gasteiger charge is 2.32. The molecular weight excluding hydrogens is 202 g/mol. The van der Waals surface area contributed by atoms with Crippen LogP contribution in [0.3, 0.4) is 0 Å². The van der Waals surface area contributed by atoms with Crippen molar-refractivity contribution < 1.29 is 9.53 Å². The molecule has 3 nitrogen and oxygen atoms in total. The van der Waals surface area contributed by atoms with Crippen molar-refractivity contribution in [3.8, 4) is 0 Å². The minimum Gasteiger partial charge on any atom is -0.469 e. The standard InChI is InChI=1S/C13H25NO2/c1-9(2)12-6-7-14(8-12)11(4)10(3)13(15)16-5/h9-12H,6-8H2,1-5H3. The van der Waals surface area contributed by atoms with E-state index in [4.69, 9.17) is 4.74 Å². The van der Waals surface area contributed by atoms with Gasteiger partial charge in [0.15, 0.2) is 0 Å². The summed E-state index contributed by atoms with van der Waals surface area (Å²) in [5.74, 6) is 1.40. The van der Waals surface area contributed by atoms with Gasteiger partial charge in [0.1, 0.15) is 0 Å². The highest BCUT2D eigenvalue weighted by Crippen LogP contribution is 2.27. The van der Waals surface area contributed by atoms with Crippen molar-refractivity contribution in [2.45, 2.75) is 40.2 Å². The second-order valence-electron chi connectivity index (χ2n) is 5.34. The molecule has 94 valence electrons. The number of hydrogen-bond acceptors (Lipinski definition) is 3. The molecule has 0 spiro atoms. The average Bonchev–Trinajstić information content (AvgIpc) is 2.75. The van der Waals surface area contributed by atoms with Crippen molar-refractivity contribution in [1.29, 1.82) is 0 Å². The fourth-order valence-corrected chi connectivity index (χ4v) is 2.43. The first-order valence-electron chi connectivity index (χ1n) is 6.29. The molecule has 16 heavy (non-hydrogen) atoms. The Balaban J connectivity index is 2.50. The summed E-state index contributed by atoms with van der Waals surface area (Å²) >= 11 is 0. The van der Waals surface area contributed by atoms with E-state index in [9.17, 15) is 4.79 Å². The quantitative estimate of drug-likeness (QED) is 0.689. The van der Waals surface area contributed by atoms with E-state index in [1.807, 2.05) is 6.92 Å². The molecule has 0 N–H and O–H groups in total. The van der Waals surface area contributed by atoms with E-state index in [1.54, 1.807) is 0 Å². The molecule has 1 rings (SSSR count). The minimum atomic E-state index is -0.0968. The number of ether oxygens (including phenoxy) is 1. The molecular formula is C13H25NO2. The van der Waals surface area contributed by atoms with Gasteiger partial charge in [-0.15, -0.1) is 0 Å². The Bertz CT molecular complexity index is 240. The molecule has 1 aliphatic heterocycles. The van der Waals surface area contributed by atoms with Gasteiger partial charge in [0.2, 0.25) is 0 Å². The molecule has 3 atom stereocenters. The Morgan fingerprint density at radius 2 is 1.94 bits per heavy atom. The molecule has 0 aromatic heterocycles. The first-order chi connectivity index (χ1) is 7.47. The van der Waals surface area contributed by atoms with Crippen LogP contribution < -0.4 is 0 Å². The Hall–Kier alpha value is -0.570. The molecule has 3 unspecified atom stereocenters. The van der Waals surface area contributed by atoms with E-state index < -0.39 is 0 Å². The molecule has 0 amide bonds. The maximum absolute atomic E-state index is 11.5.